The number of fused-ring (bicyclic) bond motifs is 1. The molecule has 0 N–H and O–H groups in total. The highest BCUT2D eigenvalue weighted by molar-refractivity contribution is 5.63. The molecule has 0 bridgehead atoms. The molecule has 0 unspecified atom stereocenters. The molecule has 1 aromatic heterocycles. The Morgan fingerprint density at radius 2 is 1.90 bits per heavy atom. The van der Waals surface area contributed by atoms with Gasteiger partial charge in [0.2, 0.25) is 12.7 Å². The standard InChI is InChI=1S/C14H18N4O2/c1-4-18(5-2)14-16-15-13(17(14)3)10-6-7-11-12(8-10)20-9-19-11/h6-8H,4-5,9H2,1-3H3. The zero-order valence-electron chi connectivity index (χ0n) is 12.0. The predicted molar refractivity (Wildman–Crippen MR) is 76.1 cm³/mol. The molecule has 0 atom stereocenters. The smallest absolute Gasteiger partial charge is 0.231 e. The van der Waals surface area contributed by atoms with Gasteiger partial charge in [-0.25, -0.2) is 0 Å². The minimum absolute atomic E-state index is 0.280. The molecular weight excluding hydrogens is 256 g/mol. The minimum atomic E-state index is 0.280. The van der Waals surface area contributed by atoms with Gasteiger partial charge in [-0.05, 0) is 32.0 Å². The topological polar surface area (TPSA) is 52.4 Å². The van der Waals surface area contributed by atoms with Crippen LogP contribution in [0, 0.1) is 0 Å². The lowest BCUT2D eigenvalue weighted by Crippen LogP contribution is -2.25. The van der Waals surface area contributed by atoms with E-state index in [0.29, 0.717) is 0 Å². The Balaban J connectivity index is 1.99. The quantitative estimate of drug-likeness (QED) is 0.854. The van der Waals surface area contributed by atoms with Gasteiger partial charge in [-0.15, -0.1) is 10.2 Å². The van der Waals surface area contributed by atoms with Crippen LogP contribution in [0.15, 0.2) is 18.2 Å². The average Bonchev–Trinajstić information content (AvgIpc) is 3.07. The van der Waals surface area contributed by atoms with E-state index in [1.807, 2.05) is 29.8 Å². The second-order valence-electron chi connectivity index (χ2n) is 4.62. The van der Waals surface area contributed by atoms with Crippen molar-refractivity contribution in [2.24, 2.45) is 7.05 Å². The molecule has 6 heteroatoms. The maximum atomic E-state index is 5.41. The SMILES string of the molecule is CCN(CC)c1nnc(-c2ccc3c(c2)OCO3)n1C. The van der Waals surface area contributed by atoms with Crippen LogP contribution in [0.25, 0.3) is 11.4 Å². The van der Waals surface area contributed by atoms with Crippen LogP contribution in [0.2, 0.25) is 0 Å². The van der Waals surface area contributed by atoms with Crippen molar-refractivity contribution in [2.45, 2.75) is 13.8 Å². The van der Waals surface area contributed by atoms with Gasteiger partial charge < -0.3 is 14.4 Å². The van der Waals surface area contributed by atoms with Crippen molar-refractivity contribution in [3.63, 3.8) is 0 Å². The van der Waals surface area contributed by atoms with Crippen molar-refractivity contribution in [3.8, 4) is 22.9 Å². The van der Waals surface area contributed by atoms with E-state index in [0.717, 1.165) is 41.9 Å². The third-order valence-electron chi connectivity index (χ3n) is 3.53. The van der Waals surface area contributed by atoms with Crippen LogP contribution in [0.1, 0.15) is 13.8 Å². The van der Waals surface area contributed by atoms with Crippen LogP contribution in [0.5, 0.6) is 11.5 Å². The van der Waals surface area contributed by atoms with E-state index in [1.54, 1.807) is 0 Å². The molecule has 1 aliphatic rings. The highest BCUT2D eigenvalue weighted by Gasteiger charge is 2.18. The molecule has 2 aromatic rings. The normalized spacial score (nSPS) is 12.8. The van der Waals surface area contributed by atoms with Gasteiger partial charge in [-0.2, -0.15) is 0 Å². The number of hydrogen-bond donors (Lipinski definition) is 0. The molecule has 0 amide bonds. The maximum Gasteiger partial charge on any atom is 0.231 e. The summed E-state index contributed by atoms with van der Waals surface area (Å²) in [4.78, 5) is 2.17. The Hall–Kier alpha value is -2.24. The molecule has 0 radical (unpaired) electrons. The van der Waals surface area contributed by atoms with Gasteiger partial charge in [-0.3, -0.25) is 4.57 Å². The summed E-state index contributed by atoms with van der Waals surface area (Å²) in [5.74, 6) is 3.24. The Bertz CT molecular complexity index is 620. The second-order valence-corrected chi connectivity index (χ2v) is 4.62. The van der Waals surface area contributed by atoms with Crippen LogP contribution < -0.4 is 14.4 Å². The number of aromatic nitrogens is 3. The lowest BCUT2D eigenvalue weighted by Gasteiger charge is -2.19. The number of nitrogens with zero attached hydrogens (tertiary/aromatic N) is 4. The molecule has 0 saturated carbocycles. The van der Waals surface area contributed by atoms with Crippen LogP contribution in [0.3, 0.4) is 0 Å². The van der Waals surface area contributed by atoms with E-state index in [1.165, 1.54) is 0 Å². The Labute approximate surface area is 117 Å². The van der Waals surface area contributed by atoms with Crippen LogP contribution >= 0.6 is 0 Å². The lowest BCUT2D eigenvalue weighted by molar-refractivity contribution is 0.174. The molecule has 3 rings (SSSR count). The number of anilines is 1. The summed E-state index contributed by atoms with van der Waals surface area (Å²) >= 11 is 0. The predicted octanol–water partition coefficient (Wildman–Crippen LogP) is 2.06. The van der Waals surface area contributed by atoms with E-state index < -0.39 is 0 Å². The average molecular weight is 274 g/mol. The van der Waals surface area contributed by atoms with Crippen molar-refractivity contribution in [2.75, 3.05) is 24.8 Å². The first-order valence-electron chi connectivity index (χ1n) is 6.79. The Morgan fingerprint density at radius 1 is 1.15 bits per heavy atom. The van der Waals surface area contributed by atoms with Gasteiger partial charge >= 0.3 is 0 Å². The minimum Gasteiger partial charge on any atom is -0.454 e. The van der Waals surface area contributed by atoms with Crippen LogP contribution in [-0.4, -0.2) is 34.6 Å². The third-order valence-corrected chi connectivity index (χ3v) is 3.53. The molecule has 0 spiro atoms. The summed E-state index contributed by atoms with van der Waals surface area (Å²) in [5, 5.41) is 8.60. The zero-order chi connectivity index (χ0) is 14.1. The molecule has 2 heterocycles. The molecule has 1 aromatic carbocycles. The van der Waals surface area contributed by atoms with E-state index in [4.69, 9.17) is 9.47 Å². The Morgan fingerprint density at radius 3 is 2.65 bits per heavy atom. The highest BCUT2D eigenvalue weighted by atomic mass is 16.7. The maximum absolute atomic E-state index is 5.41. The second kappa shape index (κ2) is 5.03. The fourth-order valence-electron chi connectivity index (χ4n) is 2.39. The third kappa shape index (κ3) is 1.97. The summed E-state index contributed by atoms with van der Waals surface area (Å²) in [5.41, 5.74) is 0.975. The number of rotatable bonds is 4. The van der Waals surface area contributed by atoms with Crippen molar-refractivity contribution >= 4 is 5.95 Å². The fourth-order valence-corrected chi connectivity index (χ4v) is 2.39. The van der Waals surface area contributed by atoms with E-state index in [2.05, 4.69) is 28.9 Å². The van der Waals surface area contributed by atoms with Crippen LogP contribution in [-0.2, 0) is 7.05 Å². The van der Waals surface area contributed by atoms with Gasteiger partial charge in [0, 0.05) is 25.7 Å². The van der Waals surface area contributed by atoms with Crippen LogP contribution in [0.4, 0.5) is 5.95 Å². The first-order valence-corrected chi connectivity index (χ1v) is 6.79. The van der Waals surface area contributed by atoms with E-state index in [9.17, 15) is 0 Å². The van der Waals surface area contributed by atoms with Gasteiger partial charge in [0.05, 0.1) is 0 Å². The number of benzene rings is 1. The summed E-state index contributed by atoms with van der Waals surface area (Å²) in [6, 6.07) is 5.82. The van der Waals surface area contributed by atoms with Gasteiger partial charge in [-0.1, -0.05) is 0 Å². The lowest BCUT2D eigenvalue weighted by atomic mass is 10.2. The molecule has 0 fully saturated rings. The van der Waals surface area contributed by atoms with Crippen molar-refractivity contribution in [3.05, 3.63) is 18.2 Å². The van der Waals surface area contributed by atoms with E-state index >= 15 is 0 Å². The van der Waals surface area contributed by atoms with Gasteiger partial charge in [0.15, 0.2) is 17.3 Å². The first-order chi connectivity index (χ1) is 9.74. The summed E-state index contributed by atoms with van der Waals surface area (Å²) in [6.07, 6.45) is 0. The summed E-state index contributed by atoms with van der Waals surface area (Å²) in [7, 11) is 1.98. The number of hydrogen-bond acceptors (Lipinski definition) is 5. The molecule has 0 aliphatic carbocycles. The van der Waals surface area contributed by atoms with Gasteiger partial charge in [0.25, 0.3) is 0 Å². The molecular formula is C14H18N4O2. The van der Waals surface area contributed by atoms with Crippen molar-refractivity contribution in [1.29, 1.82) is 0 Å². The molecule has 106 valence electrons. The largest absolute Gasteiger partial charge is 0.454 e. The molecule has 20 heavy (non-hydrogen) atoms. The van der Waals surface area contributed by atoms with Gasteiger partial charge in [0.1, 0.15) is 0 Å². The van der Waals surface area contributed by atoms with E-state index in [-0.39, 0.29) is 6.79 Å². The number of ether oxygens (including phenoxy) is 2. The zero-order valence-corrected chi connectivity index (χ0v) is 12.0. The Kier molecular flexibility index (Phi) is 3.22. The monoisotopic (exact) mass is 274 g/mol. The summed E-state index contributed by atoms with van der Waals surface area (Å²) in [6.45, 7) is 6.31. The first kappa shape index (κ1) is 12.8. The molecule has 0 saturated heterocycles. The molecule has 6 nitrogen and oxygen atoms in total. The van der Waals surface area contributed by atoms with Crippen molar-refractivity contribution < 1.29 is 9.47 Å². The fraction of sp³-hybridized carbons (Fsp3) is 0.429. The molecule has 1 aliphatic heterocycles. The summed E-state index contributed by atoms with van der Waals surface area (Å²) < 4.78 is 12.7. The highest BCUT2D eigenvalue weighted by Crippen LogP contribution is 2.35. The van der Waals surface area contributed by atoms with Crippen molar-refractivity contribution in [1.82, 2.24) is 14.8 Å².